The number of benzene rings is 2. The molecule has 0 aliphatic carbocycles. The maximum Gasteiger partial charge on any atom is 0.262 e. The number of carbonyl (C=O) groups is 2. The molecule has 0 saturated heterocycles. The zero-order valence-electron chi connectivity index (χ0n) is 18.3. The number of hydrogen-bond acceptors (Lipinski definition) is 6. The summed E-state index contributed by atoms with van der Waals surface area (Å²) in [6.45, 7) is 3.28. The molecule has 0 radical (unpaired) electrons. The van der Waals surface area contributed by atoms with Gasteiger partial charge in [-0.05, 0) is 35.7 Å². The van der Waals surface area contributed by atoms with Crippen LogP contribution >= 0.6 is 0 Å². The van der Waals surface area contributed by atoms with Gasteiger partial charge in [-0.25, -0.2) is 0 Å². The van der Waals surface area contributed by atoms with Gasteiger partial charge in [-0.2, -0.15) is 0 Å². The molecule has 2 heterocycles. The molecule has 0 fully saturated rings. The summed E-state index contributed by atoms with van der Waals surface area (Å²) >= 11 is 0. The fourth-order valence-electron chi connectivity index (χ4n) is 3.75. The lowest BCUT2D eigenvalue weighted by Gasteiger charge is -2.28. The molecule has 2 N–H and O–H groups in total. The van der Waals surface area contributed by atoms with Gasteiger partial charge in [0.1, 0.15) is 12.0 Å². The number of amides is 2. The Balaban J connectivity index is 1.30. The van der Waals surface area contributed by atoms with Crippen molar-refractivity contribution < 1.29 is 18.7 Å². The van der Waals surface area contributed by atoms with Gasteiger partial charge in [0, 0.05) is 37.5 Å². The summed E-state index contributed by atoms with van der Waals surface area (Å²) in [4.78, 5) is 38.0. The van der Waals surface area contributed by atoms with Crippen LogP contribution in [0.4, 0.5) is 11.4 Å². The molecule has 1 aromatic heterocycles. The van der Waals surface area contributed by atoms with Crippen molar-refractivity contribution in [3.05, 3.63) is 88.0 Å². The number of rotatable bonds is 7. The van der Waals surface area contributed by atoms with E-state index in [4.69, 9.17) is 9.15 Å². The maximum absolute atomic E-state index is 12.4. The second-order valence-corrected chi connectivity index (χ2v) is 7.90. The number of nitrogens with zero attached hydrogens (tertiary/aromatic N) is 1. The Morgan fingerprint density at radius 1 is 1.03 bits per heavy atom. The van der Waals surface area contributed by atoms with Gasteiger partial charge in [0.25, 0.3) is 5.91 Å². The highest BCUT2D eigenvalue weighted by molar-refractivity contribution is 5.94. The lowest BCUT2D eigenvalue weighted by atomic mass is 10.00. The van der Waals surface area contributed by atoms with Gasteiger partial charge in [-0.1, -0.05) is 30.3 Å². The molecular formula is C25H25N3O5. The largest absolute Gasteiger partial charge is 0.477 e. The van der Waals surface area contributed by atoms with Crippen LogP contribution in [0.3, 0.4) is 0 Å². The van der Waals surface area contributed by atoms with E-state index in [-0.39, 0.29) is 23.7 Å². The number of carbonyl (C=O) groups excluding carboxylic acids is 2. The van der Waals surface area contributed by atoms with Crippen LogP contribution in [0.2, 0.25) is 0 Å². The second kappa shape index (κ2) is 10.1. The van der Waals surface area contributed by atoms with Crippen molar-refractivity contribution in [1.29, 1.82) is 0 Å². The minimum absolute atomic E-state index is 0.0233. The van der Waals surface area contributed by atoms with Crippen LogP contribution in [-0.2, 0) is 29.1 Å². The average Bonchev–Trinajstić information content (AvgIpc) is 2.78. The van der Waals surface area contributed by atoms with Gasteiger partial charge in [0.15, 0.2) is 6.61 Å². The van der Waals surface area contributed by atoms with E-state index in [0.717, 1.165) is 19.5 Å². The highest BCUT2D eigenvalue weighted by Gasteiger charge is 2.17. The number of anilines is 2. The van der Waals surface area contributed by atoms with Crippen LogP contribution in [0.5, 0.6) is 5.75 Å². The van der Waals surface area contributed by atoms with Crippen LogP contribution in [0.1, 0.15) is 23.8 Å². The first-order valence-electron chi connectivity index (χ1n) is 10.7. The summed E-state index contributed by atoms with van der Waals surface area (Å²) in [5, 5.41) is 5.31. The minimum Gasteiger partial charge on any atom is -0.477 e. The highest BCUT2D eigenvalue weighted by atomic mass is 16.5. The third kappa shape index (κ3) is 6.08. The van der Waals surface area contributed by atoms with Gasteiger partial charge in [-0.3, -0.25) is 19.3 Å². The number of nitrogens with one attached hydrogen (secondary N) is 2. The monoisotopic (exact) mass is 447 g/mol. The van der Waals surface area contributed by atoms with Crippen LogP contribution in [0.15, 0.2) is 70.1 Å². The molecule has 4 rings (SSSR count). The lowest BCUT2D eigenvalue weighted by Crippen LogP contribution is -2.30. The molecule has 0 atom stereocenters. The van der Waals surface area contributed by atoms with Gasteiger partial charge in [0.2, 0.25) is 17.1 Å². The molecule has 2 aromatic carbocycles. The molecule has 1 aliphatic heterocycles. The highest BCUT2D eigenvalue weighted by Crippen LogP contribution is 2.20. The number of fused-ring (bicyclic) bond motifs is 1. The minimum atomic E-state index is -0.439. The Labute approximate surface area is 191 Å². The van der Waals surface area contributed by atoms with Crippen molar-refractivity contribution in [3.8, 4) is 5.75 Å². The van der Waals surface area contributed by atoms with Crippen LogP contribution in [0.25, 0.3) is 0 Å². The SMILES string of the molecule is CC(=O)Nc1cccc(NC(=O)COc2coc(CN3CCc4ccccc4C3)cc2=O)c1. The van der Waals surface area contributed by atoms with Gasteiger partial charge >= 0.3 is 0 Å². The summed E-state index contributed by atoms with van der Waals surface area (Å²) in [5.41, 5.74) is 3.38. The summed E-state index contributed by atoms with van der Waals surface area (Å²) in [7, 11) is 0. The van der Waals surface area contributed by atoms with E-state index in [1.54, 1.807) is 24.3 Å². The van der Waals surface area contributed by atoms with E-state index < -0.39 is 5.91 Å². The standard InChI is InChI=1S/C25H25N3O5/c1-17(29)26-20-7-4-8-21(11-20)27-25(31)16-33-24-15-32-22(12-23(24)30)14-28-10-9-18-5-2-3-6-19(18)13-28/h2-8,11-12,15H,9-10,13-14,16H2,1H3,(H,26,29)(H,27,31). The van der Waals surface area contributed by atoms with Gasteiger partial charge < -0.3 is 19.8 Å². The predicted octanol–water partition coefficient (Wildman–Crippen LogP) is 3.17. The summed E-state index contributed by atoms with van der Waals surface area (Å²) < 4.78 is 11.0. The quantitative estimate of drug-likeness (QED) is 0.577. The molecule has 0 bridgehead atoms. The molecule has 3 aromatic rings. The first kappa shape index (κ1) is 22.3. The van der Waals surface area contributed by atoms with Crippen molar-refractivity contribution in [3.63, 3.8) is 0 Å². The first-order valence-corrected chi connectivity index (χ1v) is 10.7. The van der Waals surface area contributed by atoms with Crippen molar-refractivity contribution in [1.82, 2.24) is 4.90 Å². The molecule has 8 heteroatoms. The first-order chi connectivity index (χ1) is 16.0. The summed E-state index contributed by atoms with van der Waals surface area (Å²) in [5.74, 6) is -0.122. The Morgan fingerprint density at radius 2 is 1.79 bits per heavy atom. The van der Waals surface area contributed by atoms with Crippen molar-refractivity contribution in [2.45, 2.75) is 26.4 Å². The molecule has 33 heavy (non-hydrogen) atoms. The maximum atomic E-state index is 12.4. The average molecular weight is 447 g/mol. The van der Waals surface area contributed by atoms with Crippen molar-refractivity contribution in [2.24, 2.45) is 0 Å². The fraction of sp³-hybridized carbons (Fsp3) is 0.240. The van der Waals surface area contributed by atoms with E-state index in [9.17, 15) is 14.4 Å². The zero-order chi connectivity index (χ0) is 23.2. The smallest absolute Gasteiger partial charge is 0.262 e. The van der Waals surface area contributed by atoms with Crippen molar-refractivity contribution >= 4 is 23.2 Å². The van der Waals surface area contributed by atoms with E-state index in [1.165, 1.54) is 30.4 Å². The predicted molar refractivity (Wildman–Crippen MR) is 124 cm³/mol. The van der Waals surface area contributed by atoms with Gasteiger partial charge in [0.05, 0.1) is 6.54 Å². The topological polar surface area (TPSA) is 101 Å². The second-order valence-electron chi connectivity index (χ2n) is 7.90. The van der Waals surface area contributed by atoms with E-state index in [0.29, 0.717) is 23.7 Å². The molecule has 0 unspecified atom stereocenters. The molecular weight excluding hydrogens is 422 g/mol. The number of ether oxygens (including phenoxy) is 1. The Bertz CT molecular complexity index is 1220. The third-order valence-electron chi connectivity index (χ3n) is 5.27. The molecule has 0 spiro atoms. The van der Waals surface area contributed by atoms with Crippen molar-refractivity contribution in [2.75, 3.05) is 23.8 Å². The Hall–Kier alpha value is -3.91. The summed E-state index contributed by atoms with van der Waals surface area (Å²) in [6, 6.07) is 16.5. The Morgan fingerprint density at radius 3 is 2.55 bits per heavy atom. The van der Waals surface area contributed by atoms with E-state index in [2.05, 4.69) is 33.7 Å². The fourth-order valence-corrected chi connectivity index (χ4v) is 3.75. The van der Waals surface area contributed by atoms with Crippen LogP contribution in [0, 0.1) is 0 Å². The normalized spacial score (nSPS) is 13.1. The third-order valence-corrected chi connectivity index (χ3v) is 5.27. The van der Waals surface area contributed by atoms with E-state index in [1.807, 2.05) is 6.07 Å². The zero-order valence-corrected chi connectivity index (χ0v) is 18.3. The summed E-state index contributed by atoms with van der Waals surface area (Å²) in [6.07, 6.45) is 2.21. The molecule has 8 nitrogen and oxygen atoms in total. The van der Waals surface area contributed by atoms with Crippen LogP contribution < -0.4 is 20.8 Å². The molecule has 2 amide bonds. The molecule has 0 saturated carbocycles. The van der Waals surface area contributed by atoms with Crippen LogP contribution in [-0.4, -0.2) is 29.9 Å². The Kier molecular flexibility index (Phi) is 6.85. The lowest BCUT2D eigenvalue weighted by molar-refractivity contribution is -0.118. The number of hydrogen-bond donors (Lipinski definition) is 2. The van der Waals surface area contributed by atoms with Gasteiger partial charge in [-0.15, -0.1) is 0 Å². The molecule has 1 aliphatic rings. The van der Waals surface area contributed by atoms with E-state index >= 15 is 0 Å². The molecule has 170 valence electrons.